The van der Waals surface area contributed by atoms with Crippen LogP contribution in [0.1, 0.15) is 44.9 Å². The SMILES string of the molecule is O=C(CCNC1CC1)N[C@H]1CCCC[C@@H]1O. The van der Waals surface area contributed by atoms with Crippen LogP contribution in [-0.4, -0.2) is 35.7 Å². The van der Waals surface area contributed by atoms with Gasteiger partial charge in [-0.05, 0) is 25.7 Å². The highest BCUT2D eigenvalue weighted by molar-refractivity contribution is 5.76. The average molecular weight is 226 g/mol. The number of nitrogens with one attached hydrogen (secondary N) is 2. The fraction of sp³-hybridized carbons (Fsp3) is 0.917. The summed E-state index contributed by atoms with van der Waals surface area (Å²) in [6, 6.07) is 0.648. The minimum absolute atomic E-state index is 0.0119. The van der Waals surface area contributed by atoms with Crippen LogP contribution in [0, 0.1) is 0 Å². The Hall–Kier alpha value is -0.610. The molecule has 0 spiro atoms. The van der Waals surface area contributed by atoms with Gasteiger partial charge in [-0.2, -0.15) is 0 Å². The van der Waals surface area contributed by atoms with Crippen molar-refractivity contribution in [1.29, 1.82) is 0 Å². The summed E-state index contributed by atoms with van der Waals surface area (Å²) >= 11 is 0. The molecule has 3 N–H and O–H groups in total. The van der Waals surface area contributed by atoms with E-state index in [1.54, 1.807) is 0 Å². The molecule has 0 radical (unpaired) electrons. The molecule has 4 nitrogen and oxygen atoms in total. The summed E-state index contributed by atoms with van der Waals surface area (Å²) in [5.74, 6) is 0.0686. The molecule has 0 bridgehead atoms. The minimum Gasteiger partial charge on any atom is -0.391 e. The molecule has 0 unspecified atom stereocenters. The maximum absolute atomic E-state index is 11.6. The first-order valence-electron chi connectivity index (χ1n) is 6.46. The third-order valence-electron chi connectivity index (χ3n) is 3.44. The summed E-state index contributed by atoms with van der Waals surface area (Å²) in [7, 11) is 0. The van der Waals surface area contributed by atoms with Crippen molar-refractivity contribution in [2.45, 2.75) is 63.1 Å². The Bertz CT molecular complexity index is 241. The number of aliphatic hydroxyl groups excluding tert-OH is 1. The first-order valence-corrected chi connectivity index (χ1v) is 6.46. The van der Waals surface area contributed by atoms with Crippen molar-refractivity contribution >= 4 is 5.91 Å². The molecule has 0 aromatic rings. The van der Waals surface area contributed by atoms with Gasteiger partial charge in [0.2, 0.25) is 5.91 Å². The predicted molar refractivity (Wildman–Crippen MR) is 62.0 cm³/mol. The Labute approximate surface area is 96.8 Å². The summed E-state index contributed by atoms with van der Waals surface area (Å²) in [6.07, 6.45) is 6.63. The van der Waals surface area contributed by atoms with Crippen molar-refractivity contribution in [2.75, 3.05) is 6.54 Å². The summed E-state index contributed by atoms with van der Waals surface area (Å²) in [5.41, 5.74) is 0. The van der Waals surface area contributed by atoms with E-state index in [9.17, 15) is 9.90 Å². The van der Waals surface area contributed by atoms with Crippen molar-refractivity contribution in [1.82, 2.24) is 10.6 Å². The standard InChI is InChI=1S/C12H22N2O2/c15-11-4-2-1-3-10(11)14-12(16)7-8-13-9-5-6-9/h9-11,13,15H,1-8H2,(H,14,16)/t10-,11-/m0/s1. The molecule has 0 aliphatic heterocycles. The van der Waals surface area contributed by atoms with E-state index in [-0.39, 0.29) is 18.1 Å². The first kappa shape index (κ1) is 11.9. The van der Waals surface area contributed by atoms with E-state index in [0.29, 0.717) is 12.5 Å². The van der Waals surface area contributed by atoms with E-state index in [1.165, 1.54) is 12.8 Å². The molecular weight excluding hydrogens is 204 g/mol. The number of hydrogen-bond acceptors (Lipinski definition) is 3. The quantitative estimate of drug-likeness (QED) is 0.641. The Morgan fingerprint density at radius 2 is 1.94 bits per heavy atom. The van der Waals surface area contributed by atoms with Gasteiger partial charge in [0.15, 0.2) is 0 Å². The van der Waals surface area contributed by atoms with E-state index >= 15 is 0 Å². The number of amides is 1. The Balaban J connectivity index is 1.60. The molecule has 0 aromatic heterocycles. The molecule has 2 aliphatic rings. The molecule has 0 saturated heterocycles. The highest BCUT2D eigenvalue weighted by Gasteiger charge is 2.24. The van der Waals surface area contributed by atoms with Gasteiger partial charge < -0.3 is 15.7 Å². The molecule has 2 saturated carbocycles. The molecule has 2 fully saturated rings. The van der Waals surface area contributed by atoms with E-state index in [4.69, 9.17) is 0 Å². The minimum atomic E-state index is -0.339. The Morgan fingerprint density at radius 1 is 1.19 bits per heavy atom. The average Bonchev–Trinajstić information content (AvgIpc) is 3.05. The third kappa shape index (κ3) is 3.76. The smallest absolute Gasteiger partial charge is 0.221 e. The number of hydrogen-bond donors (Lipinski definition) is 3. The lowest BCUT2D eigenvalue weighted by molar-refractivity contribution is -0.122. The third-order valence-corrected chi connectivity index (χ3v) is 3.44. The van der Waals surface area contributed by atoms with Crippen molar-refractivity contribution in [2.24, 2.45) is 0 Å². The maximum atomic E-state index is 11.6. The van der Waals surface area contributed by atoms with Crippen LogP contribution in [0.5, 0.6) is 0 Å². The van der Waals surface area contributed by atoms with Gasteiger partial charge in [-0.3, -0.25) is 4.79 Å². The number of rotatable bonds is 5. The van der Waals surface area contributed by atoms with Crippen LogP contribution in [0.15, 0.2) is 0 Å². The molecule has 16 heavy (non-hydrogen) atoms. The van der Waals surface area contributed by atoms with E-state index in [2.05, 4.69) is 10.6 Å². The highest BCUT2D eigenvalue weighted by atomic mass is 16.3. The van der Waals surface area contributed by atoms with Crippen LogP contribution in [0.4, 0.5) is 0 Å². The number of carbonyl (C=O) groups is 1. The van der Waals surface area contributed by atoms with Gasteiger partial charge in [0, 0.05) is 19.0 Å². The molecule has 2 atom stereocenters. The molecule has 0 aromatic carbocycles. The van der Waals surface area contributed by atoms with Gasteiger partial charge in [0.25, 0.3) is 0 Å². The number of carbonyl (C=O) groups excluding carboxylic acids is 1. The molecule has 2 rings (SSSR count). The molecule has 92 valence electrons. The van der Waals surface area contributed by atoms with Crippen molar-refractivity contribution in [3.63, 3.8) is 0 Å². The lowest BCUT2D eigenvalue weighted by Crippen LogP contribution is -2.45. The topological polar surface area (TPSA) is 61.4 Å². The predicted octanol–water partition coefficient (Wildman–Crippen LogP) is 0.548. The van der Waals surface area contributed by atoms with Gasteiger partial charge in [-0.15, -0.1) is 0 Å². The summed E-state index contributed by atoms with van der Waals surface area (Å²) in [6.45, 7) is 0.763. The highest BCUT2D eigenvalue weighted by Crippen LogP contribution is 2.19. The number of aliphatic hydroxyl groups is 1. The van der Waals surface area contributed by atoms with Gasteiger partial charge in [-0.25, -0.2) is 0 Å². The van der Waals surface area contributed by atoms with E-state index in [0.717, 1.165) is 32.2 Å². The second kappa shape index (κ2) is 5.64. The summed E-state index contributed by atoms with van der Waals surface area (Å²) in [5, 5.41) is 16.0. The fourth-order valence-corrected chi connectivity index (χ4v) is 2.24. The monoisotopic (exact) mass is 226 g/mol. The lowest BCUT2D eigenvalue weighted by atomic mass is 9.92. The van der Waals surface area contributed by atoms with Crippen LogP contribution in [0.25, 0.3) is 0 Å². The maximum Gasteiger partial charge on any atom is 0.221 e. The zero-order valence-corrected chi connectivity index (χ0v) is 9.74. The normalized spacial score (nSPS) is 30.1. The molecule has 0 heterocycles. The molecule has 2 aliphatic carbocycles. The van der Waals surface area contributed by atoms with Crippen LogP contribution >= 0.6 is 0 Å². The Kier molecular flexibility index (Phi) is 4.18. The van der Waals surface area contributed by atoms with Gasteiger partial charge in [0.1, 0.15) is 0 Å². The second-order valence-corrected chi connectivity index (χ2v) is 5.00. The van der Waals surface area contributed by atoms with Crippen molar-refractivity contribution in [3.8, 4) is 0 Å². The van der Waals surface area contributed by atoms with Gasteiger partial charge >= 0.3 is 0 Å². The van der Waals surface area contributed by atoms with Crippen LogP contribution in [-0.2, 0) is 4.79 Å². The largest absolute Gasteiger partial charge is 0.391 e. The molecule has 1 amide bonds. The van der Waals surface area contributed by atoms with E-state index in [1.807, 2.05) is 0 Å². The molecule has 4 heteroatoms. The van der Waals surface area contributed by atoms with Crippen molar-refractivity contribution in [3.05, 3.63) is 0 Å². The Morgan fingerprint density at radius 3 is 2.62 bits per heavy atom. The zero-order valence-electron chi connectivity index (χ0n) is 9.74. The summed E-state index contributed by atoms with van der Waals surface area (Å²) < 4.78 is 0. The fourth-order valence-electron chi connectivity index (χ4n) is 2.24. The van der Waals surface area contributed by atoms with E-state index < -0.39 is 0 Å². The second-order valence-electron chi connectivity index (χ2n) is 5.00. The van der Waals surface area contributed by atoms with Crippen LogP contribution < -0.4 is 10.6 Å². The first-order chi connectivity index (χ1) is 7.75. The van der Waals surface area contributed by atoms with Crippen molar-refractivity contribution < 1.29 is 9.90 Å². The molecular formula is C12H22N2O2. The van der Waals surface area contributed by atoms with Gasteiger partial charge in [-0.1, -0.05) is 12.8 Å². The van der Waals surface area contributed by atoms with Gasteiger partial charge in [0.05, 0.1) is 12.1 Å². The zero-order chi connectivity index (χ0) is 11.4. The van der Waals surface area contributed by atoms with Crippen LogP contribution in [0.3, 0.4) is 0 Å². The lowest BCUT2D eigenvalue weighted by Gasteiger charge is -2.28. The van der Waals surface area contributed by atoms with Crippen LogP contribution in [0.2, 0.25) is 0 Å². The summed E-state index contributed by atoms with van der Waals surface area (Å²) in [4.78, 5) is 11.6.